The highest BCUT2D eigenvalue weighted by Gasteiger charge is 2.21. The van der Waals surface area contributed by atoms with Gasteiger partial charge in [-0.05, 0) is 13.0 Å². The lowest BCUT2D eigenvalue weighted by atomic mass is 10.1. The number of nitrogens with zero attached hydrogens (tertiary/aromatic N) is 4. The third-order valence-corrected chi connectivity index (χ3v) is 7.29. The molecular weight excluding hydrogens is 382 g/mol. The minimum absolute atomic E-state index is 0.464. The summed E-state index contributed by atoms with van der Waals surface area (Å²) in [6.45, 7) is 6.35. The number of nitrogens with two attached hydrogens (primary N) is 1. The smallest absolute Gasteiger partial charge is 0.141 e. The first kappa shape index (κ1) is 17.5. The molecule has 4 aromatic heterocycles. The van der Waals surface area contributed by atoms with Crippen molar-refractivity contribution in [3.05, 3.63) is 29.7 Å². The highest BCUT2D eigenvalue weighted by Crippen LogP contribution is 2.46. The van der Waals surface area contributed by atoms with Gasteiger partial charge in [-0.15, -0.1) is 34.4 Å². The van der Waals surface area contributed by atoms with Crippen LogP contribution in [0.3, 0.4) is 0 Å². The highest BCUT2D eigenvalue weighted by molar-refractivity contribution is 8.02. The van der Waals surface area contributed by atoms with Crippen molar-refractivity contribution >= 4 is 50.3 Å². The predicted octanol–water partition coefficient (Wildman–Crippen LogP) is 5.21. The summed E-state index contributed by atoms with van der Waals surface area (Å²) >= 11 is 5.04. The standard InChI is InChI=1S/C18H19N5S3/c1-9(2)25-18-15(19)14-11(13-8-21-10(3)23(13)4)7-12(22-17(14)26-18)16-20-5-6-24-16/h5-9H,19H2,1-4H3. The minimum atomic E-state index is 0.464. The first-order valence-corrected chi connectivity index (χ1v) is 10.8. The summed E-state index contributed by atoms with van der Waals surface area (Å²) in [6.07, 6.45) is 3.71. The molecule has 8 heteroatoms. The molecule has 0 radical (unpaired) electrons. The molecule has 0 aromatic carbocycles. The van der Waals surface area contributed by atoms with Crippen LogP contribution in [-0.4, -0.2) is 24.8 Å². The molecule has 0 saturated carbocycles. The Balaban J connectivity index is 2.03. The largest absolute Gasteiger partial charge is 0.397 e. The monoisotopic (exact) mass is 401 g/mol. The molecule has 4 rings (SSSR count). The number of aromatic nitrogens is 4. The summed E-state index contributed by atoms with van der Waals surface area (Å²) in [5.41, 5.74) is 10.4. The van der Waals surface area contributed by atoms with Gasteiger partial charge in [-0.2, -0.15) is 0 Å². The fourth-order valence-corrected chi connectivity index (χ4v) is 5.93. The van der Waals surface area contributed by atoms with Crippen LogP contribution in [-0.2, 0) is 7.05 Å². The van der Waals surface area contributed by atoms with Crippen molar-refractivity contribution in [1.82, 2.24) is 19.5 Å². The highest BCUT2D eigenvalue weighted by atomic mass is 32.2. The van der Waals surface area contributed by atoms with Crippen molar-refractivity contribution in [2.45, 2.75) is 30.2 Å². The van der Waals surface area contributed by atoms with Crippen molar-refractivity contribution in [2.75, 3.05) is 5.73 Å². The molecule has 0 unspecified atom stereocenters. The topological polar surface area (TPSA) is 69.6 Å². The Morgan fingerprint density at radius 1 is 1.27 bits per heavy atom. The van der Waals surface area contributed by atoms with E-state index in [0.29, 0.717) is 5.25 Å². The van der Waals surface area contributed by atoms with Gasteiger partial charge in [0, 0.05) is 34.8 Å². The molecule has 0 aliphatic rings. The van der Waals surface area contributed by atoms with Gasteiger partial charge < -0.3 is 10.3 Å². The first-order valence-electron chi connectivity index (χ1n) is 8.24. The van der Waals surface area contributed by atoms with Crippen molar-refractivity contribution in [1.29, 1.82) is 0 Å². The number of imidazole rings is 1. The predicted molar refractivity (Wildman–Crippen MR) is 113 cm³/mol. The number of thioether (sulfide) groups is 1. The lowest BCUT2D eigenvalue weighted by molar-refractivity contribution is 0.865. The van der Waals surface area contributed by atoms with Crippen LogP contribution < -0.4 is 5.73 Å². The van der Waals surface area contributed by atoms with Crippen LogP contribution in [0.2, 0.25) is 0 Å². The fraction of sp³-hybridized carbons (Fsp3) is 0.278. The molecule has 134 valence electrons. The maximum absolute atomic E-state index is 6.56. The van der Waals surface area contributed by atoms with Gasteiger partial charge in [0.15, 0.2) is 0 Å². The van der Waals surface area contributed by atoms with E-state index in [0.717, 1.165) is 47.9 Å². The molecule has 0 amide bonds. The maximum atomic E-state index is 6.56. The quantitative estimate of drug-likeness (QED) is 0.475. The van der Waals surface area contributed by atoms with Crippen molar-refractivity contribution in [3.63, 3.8) is 0 Å². The normalized spacial score (nSPS) is 11.7. The molecule has 0 aliphatic carbocycles. The molecule has 0 fully saturated rings. The SMILES string of the molecule is Cc1ncc(-c2cc(-c3nccs3)nc3sc(SC(C)C)c(N)c23)n1C. The number of hydrogen-bond acceptors (Lipinski definition) is 7. The second-order valence-electron chi connectivity index (χ2n) is 6.29. The lowest BCUT2D eigenvalue weighted by Crippen LogP contribution is -1.97. The molecule has 4 heterocycles. The van der Waals surface area contributed by atoms with Crippen molar-refractivity contribution in [3.8, 4) is 22.0 Å². The van der Waals surface area contributed by atoms with E-state index in [2.05, 4.69) is 34.4 Å². The molecule has 5 nitrogen and oxygen atoms in total. The third-order valence-electron chi connectivity index (χ3n) is 4.16. The second-order valence-corrected chi connectivity index (χ2v) is 10.0. The van der Waals surface area contributed by atoms with E-state index in [4.69, 9.17) is 10.7 Å². The lowest BCUT2D eigenvalue weighted by Gasteiger charge is -2.09. The zero-order valence-electron chi connectivity index (χ0n) is 15.0. The molecule has 0 aliphatic heterocycles. The van der Waals surface area contributed by atoms with Gasteiger partial charge >= 0.3 is 0 Å². The van der Waals surface area contributed by atoms with E-state index in [9.17, 15) is 0 Å². The molecule has 26 heavy (non-hydrogen) atoms. The Morgan fingerprint density at radius 3 is 2.69 bits per heavy atom. The van der Waals surface area contributed by atoms with Gasteiger partial charge in [0.2, 0.25) is 0 Å². The molecule has 4 aromatic rings. The number of nitrogen functional groups attached to an aromatic ring is 1. The number of anilines is 1. The molecular formula is C18H19N5S3. The Bertz CT molecular complexity index is 1080. The van der Waals surface area contributed by atoms with E-state index in [1.807, 2.05) is 31.7 Å². The fourth-order valence-electron chi connectivity index (χ4n) is 2.82. The second kappa shape index (κ2) is 6.68. The van der Waals surface area contributed by atoms with Gasteiger partial charge in [0.1, 0.15) is 21.4 Å². The van der Waals surface area contributed by atoms with Crippen LogP contribution in [0.1, 0.15) is 19.7 Å². The summed E-state index contributed by atoms with van der Waals surface area (Å²) < 4.78 is 3.21. The maximum Gasteiger partial charge on any atom is 0.141 e. The molecule has 0 spiro atoms. The van der Waals surface area contributed by atoms with Gasteiger partial charge in [-0.1, -0.05) is 13.8 Å². The number of aryl methyl sites for hydroxylation is 1. The summed E-state index contributed by atoms with van der Waals surface area (Å²) in [6, 6.07) is 2.09. The van der Waals surface area contributed by atoms with E-state index in [-0.39, 0.29) is 0 Å². The van der Waals surface area contributed by atoms with Crippen LogP contribution in [0.5, 0.6) is 0 Å². The minimum Gasteiger partial charge on any atom is -0.397 e. The van der Waals surface area contributed by atoms with E-state index >= 15 is 0 Å². The summed E-state index contributed by atoms with van der Waals surface area (Å²) in [5.74, 6) is 0.964. The van der Waals surface area contributed by atoms with Crippen LogP contribution in [0, 0.1) is 6.92 Å². The Morgan fingerprint density at radius 2 is 2.08 bits per heavy atom. The van der Waals surface area contributed by atoms with E-state index in [1.165, 1.54) is 0 Å². The van der Waals surface area contributed by atoms with Crippen LogP contribution in [0.25, 0.3) is 32.2 Å². The van der Waals surface area contributed by atoms with E-state index < -0.39 is 0 Å². The van der Waals surface area contributed by atoms with Crippen LogP contribution >= 0.6 is 34.4 Å². The number of fused-ring (bicyclic) bond motifs is 1. The molecule has 2 N–H and O–H groups in total. The third kappa shape index (κ3) is 2.91. The van der Waals surface area contributed by atoms with E-state index in [1.54, 1.807) is 34.4 Å². The van der Waals surface area contributed by atoms with Crippen molar-refractivity contribution in [2.24, 2.45) is 7.05 Å². The molecule has 0 atom stereocenters. The summed E-state index contributed by atoms with van der Waals surface area (Å²) in [7, 11) is 2.03. The van der Waals surface area contributed by atoms with Crippen molar-refractivity contribution < 1.29 is 0 Å². The molecule has 0 saturated heterocycles. The van der Waals surface area contributed by atoms with Gasteiger partial charge in [-0.25, -0.2) is 15.0 Å². The summed E-state index contributed by atoms with van der Waals surface area (Å²) in [4.78, 5) is 14.7. The summed E-state index contributed by atoms with van der Waals surface area (Å²) in [5, 5.41) is 4.36. The van der Waals surface area contributed by atoms with Crippen LogP contribution in [0.4, 0.5) is 5.69 Å². The Kier molecular flexibility index (Phi) is 4.50. The van der Waals surface area contributed by atoms with Crippen LogP contribution in [0.15, 0.2) is 28.0 Å². The number of thiazole rings is 1. The van der Waals surface area contributed by atoms with Gasteiger partial charge in [0.05, 0.1) is 21.8 Å². The van der Waals surface area contributed by atoms with Gasteiger partial charge in [-0.3, -0.25) is 0 Å². The first-order chi connectivity index (χ1) is 12.5. The Labute approximate surface area is 164 Å². The average Bonchev–Trinajstić information content (AvgIpc) is 3.30. The Hall–Kier alpha value is -1.90. The molecule has 0 bridgehead atoms. The zero-order chi connectivity index (χ0) is 18.4. The average molecular weight is 402 g/mol. The zero-order valence-corrected chi connectivity index (χ0v) is 17.4. The van der Waals surface area contributed by atoms with Gasteiger partial charge in [0.25, 0.3) is 0 Å². The number of pyridine rings is 1. The number of rotatable bonds is 4. The number of thiophene rings is 1. The number of hydrogen-bond donors (Lipinski definition) is 1.